The molecular weight excluding hydrogens is 510 g/mol. The molecule has 11 heteroatoms. The molecule has 11 nitrogen and oxygen atoms in total. The molecule has 0 aliphatic rings. The molecule has 0 fully saturated rings. The molecular formula is C28H45NO10. The van der Waals surface area contributed by atoms with E-state index in [2.05, 4.69) is 26.1 Å². The predicted octanol–water partition coefficient (Wildman–Crippen LogP) is 2.56. The van der Waals surface area contributed by atoms with E-state index in [-0.39, 0.29) is 36.5 Å². The van der Waals surface area contributed by atoms with Gasteiger partial charge in [-0.05, 0) is 17.4 Å². The summed E-state index contributed by atoms with van der Waals surface area (Å²) >= 11 is 0. The van der Waals surface area contributed by atoms with Gasteiger partial charge in [-0.25, -0.2) is 0 Å². The highest BCUT2D eigenvalue weighted by molar-refractivity contribution is 5.75. The highest BCUT2D eigenvalue weighted by Gasteiger charge is 2.09. The lowest BCUT2D eigenvalue weighted by atomic mass is 9.93. The Hall–Kier alpha value is -2.66. The van der Waals surface area contributed by atoms with Crippen molar-refractivity contribution < 1.29 is 47.6 Å². The minimum absolute atomic E-state index is 0.0726. The molecule has 1 N–H and O–H groups in total. The summed E-state index contributed by atoms with van der Waals surface area (Å²) in [5.74, 6) is -0.363. The van der Waals surface area contributed by atoms with E-state index in [1.165, 1.54) is 0 Å². The fourth-order valence-corrected chi connectivity index (χ4v) is 2.72. The lowest BCUT2D eigenvalue weighted by molar-refractivity contribution is -0.191. The van der Waals surface area contributed by atoms with Crippen LogP contribution in [0.2, 0.25) is 0 Å². The number of benzene rings is 1. The first kappa shape index (κ1) is 36.3. The monoisotopic (exact) mass is 555 g/mol. The normalized spacial score (nSPS) is 10.7. The van der Waals surface area contributed by atoms with Crippen LogP contribution in [0.15, 0.2) is 30.3 Å². The third-order valence-corrected chi connectivity index (χ3v) is 4.85. The zero-order valence-corrected chi connectivity index (χ0v) is 23.6. The Kier molecular flexibility index (Phi) is 23.9. The summed E-state index contributed by atoms with van der Waals surface area (Å²) in [5.41, 5.74) is 1.23. The maximum absolute atomic E-state index is 11.8. The van der Waals surface area contributed by atoms with Crippen molar-refractivity contribution in [2.45, 2.75) is 46.6 Å². The molecule has 0 bridgehead atoms. The van der Waals surface area contributed by atoms with E-state index < -0.39 is 0 Å². The van der Waals surface area contributed by atoms with Crippen LogP contribution in [-0.4, -0.2) is 90.6 Å². The lowest BCUT2D eigenvalue weighted by Crippen LogP contribution is -2.28. The number of amides is 1. The van der Waals surface area contributed by atoms with E-state index in [1.807, 2.05) is 30.3 Å². The summed E-state index contributed by atoms with van der Waals surface area (Å²) in [7, 11) is 0. The topological polar surface area (TPSA) is 136 Å². The van der Waals surface area contributed by atoms with E-state index in [0.717, 1.165) is 18.6 Å². The van der Waals surface area contributed by atoms with Crippen LogP contribution in [0.5, 0.6) is 0 Å². The quantitative estimate of drug-likeness (QED) is 0.168. The smallest absolute Gasteiger partial charge is 0.373 e. The third kappa shape index (κ3) is 28.2. The number of esters is 1. The zero-order chi connectivity index (χ0) is 29.0. The molecule has 0 saturated heterocycles. The number of rotatable bonds is 22. The van der Waals surface area contributed by atoms with Crippen LogP contribution in [0, 0.1) is 5.41 Å². The second kappa shape index (κ2) is 25.6. The van der Waals surface area contributed by atoms with E-state index in [1.54, 1.807) is 0 Å². The van der Waals surface area contributed by atoms with Crippen LogP contribution in [-0.2, 0) is 54.2 Å². The lowest BCUT2D eigenvalue weighted by Gasteiger charge is -2.17. The van der Waals surface area contributed by atoms with Gasteiger partial charge in [0.05, 0.1) is 65.9 Å². The average Bonchev–Trinajstić information content (AvgIpc) is 2.90. The van der Waals surface area contributed by atoms with Crippen LogP contribution in [0.3, 0.4) is 0 Å². The highest BCUT2D eigenvalue weighted by Crippen LogP contribution is 2.17. The van der Waals surface area contributed by atoms with E-state index in [0.29, 0.717) is 72.4 Å². The average molecular weight is 556 g/mol. The van der Waals surface area contributed by atoms with Gasteiger partial charge in [0.1, 0.15) is 6.61 Å². The van der Waals surface area contributed by atoms with Crippen LogP contribution in [0.1, 0.15) is 45.6 Å². The van der Waals surface area contributed by atoms with Gasteiger partial charge in [0.25, 0.3) is 0 Å². The van der Waals surface area contributed by atoms with Crippen LogP contribution >= 0.6 is 0 Å². The second-order valence-corrected chi connectivity index (χ2v) is 9.45. The summed E-state index contributed by atoms with van der Waals surface area (Å²) < 4.78 is 32.3. The third-order valence-electron chi connectivity index (χ3n) is 4.85. The van der Waals surface area contributed by atoms with Gasteiger partial charge in [0, 0.05) is 19.6 Å². The van der Waals surface area contributed by atoms with Crippen LogP contribution in [0.4, 0.5) is 0 Å². The predicted molar refractivity (Wildman–Crippen MR) is 142 cm³/mol. The van der Waals surface area contributed by atoms with Gasteiger partial charge >= 0.3 is 12.1 Å². The molecule has 1 rings (SSSR count). The number of hydrogen-bond acceptors (Lipinski definition) is 10. The first-order valence-corrected chi connectivity index (χ1v) is 13.1. The minimum atomic E-state index is -0.290. The Bertz CT molecular complexity index is 761. The van der Waals surface area contributed by atoms with Gasteiger partial charge in [-0.1, -0.05) is 51.1 Å². The largest absolute Gasteiger partial charge is 0.461 e. The van der Waals surface area contributed by atoms with Crippen molar-refractivity contribution in [3.63, 3.8) is 0 Å². The Morgan fingerprint density at radius 3 is 1.77 bits per heavy atom. The van der Waals surface area contributed by atoms with Gasteiger partial charge in [-0.2, -0.15) is 9.59 Å². The minimum Gasteiger partial charge on any atom is -0.461 e. The maximum Gasteiger partial charge on any atom is 0.373 e. The SMILES string of the molecule is CC(C)(C)CCOCCOCCNC(=O)CCOCCOCCOCCC(=O)OCc1ccccc1.O=C=O. The summed E-state index contributed by atoms with van der Waals surface area (Å²) in [5, 5.41) is 2.79. The van der Waals surface area contributed by atoms with Crippen LogP contribution < -0.4 is 5.32 Å². The van der Waals surface area contributed by atoms with Gasteiger partial charge < -0.3 is 33.7 Å². The van der Waals surface area contributed by atoms with Crippen molar-refractivity contribution in [3.8, 4) is 0 Å². The van der Waals surface area contributed by atoms with Crippen molar-refractivity contribution in [1.82, 2.24) is 5.32 Å². The van der Waals surface area contributed by atoms with Gasteiger partial charge in [-0.15, -0.1) is 0 Å². The van der Waals surface area contributed by atoms with E-state index in [4.69, 9.17) is 38.0 Å². The standard InChI is InChI=1S/C27H45NO8.CO2/c1-27(2,3)11-15-33-19-20-34-16-12-28-25(29)9-13-31-17-21-35-22-18-32-14-10-26(30)36-23-24-7-5-4-6-8-24;2-1-3/h4-8H,9-23H2,1-3H3,(H,28,29);. The Morgan fingerprint density at radius 2 is 1.21 bits per heavy atom. The molecule has 0 aliphatic carbocycles. The van der Waals surface area contributed by atoms with Crippen molar-refractivity contribution in [3.05, 3.63) is 35.9 Å². The van der Waals surface area contributed by atoms with Crippen LogP contribution in [0.25, 0.3) is 0 Å². The fourth-order valence-electron chi connectivity index (χ4n) is 2.72. The molecule has 1 amide bonds. The van der Waals surface area contributed by atoms with E-state index >= 15 is 0 Å². The first-order chi connectivity index (χ1) is 18.8. The first-order valence-electron chi connectivity index (χ1n) is 13.1. The Balaban J connectivity index is 0.00000458. The Labute approximate surface area is 231 Å². The van der Waals surface area contributed by atoms with E-state index in [9.17, 15) is 9.59 Å². The molecule has 39 heavy (non-hydrogen) atoms. The number of carbonyl (C=O) groups excluding carboxylic acids is 4. The van der Waals surface area contributed by atoms with Crippen molar-refractivity contribution in [2.24, 2.45) is 5.41 Å². The second-order valence-electron chi connectivity index (χ2n) is 9.45. The number of hydrogen-bond donors (Lipinski definition) is 1. The zero-order valence-electron chi connectivity index (χ0n) is 23.6. The molecule has 0 radical (unpaired) electrons. The summed E-state index contributed by atoms with van der Waals surface area (Å²) in [6.07, 6.45) is 1.76. The summed E-state index contributed by atoms with van der Waals surface area (Å²) in [6.45, 7) is 11.8. The molecule has 0 aliphatic heterocycles. The maximum atomic E-state index is 11.8. The highest BCUT2D eigenvalue weighted by atomic mass is 16.6. The van der Waals surface area contributed by atoms with Gasteiger partial charge in [0.15, 0.2) is 0 Å². The molecule has 0 unspecified atom stereocenters. The van der Waals surface area contributed by atoms with Gasteiger partial charge in [-0.3, -0.25) is 9.59 Å². The molecule has 1 aromatic rings. The molecule has 0 atom stereocenters. The van der Waals surface area contributed by atoms with Crippen molar-refractivity contribution in [2.75, 3.05) is 72.6 Å². The van der Waals surface area contributed by atoms with Gasteiger partial charge in [0.2, 0.25) is 5.91 Å². The number of ether oxygens (including phenoxy) is 6. The molecule has 0 saturated carbocycles. The molecule has 0 heterocycles. The van der Waals surface area contributed by atoms with Crippen molar-refractivity contribution in [1.29, 1.82) is 0 Å². The van der Waals surface area contributed by atoms with Crippen molar-refractivity contribution >= 4 is 18.0 Å². The molecule has 1 aromatic carbocycles. The number of carbonyl (C=O) groups is 2. The fraction of sp³-hybridized carbons (Fsp3) is 0.679. The summed E-state index contributed by atoms with van der Waals surface area (Å²) in [4.78, 5) is 39.7. The molecule has 0 aromatic heterocycles. The number of nitrogens with one attached hydrogen (secondary N) is 1. The Morgan fingerprint density at radius 1 is 0.718 bits per heavy atom. The molecule has 222 valence electrons. The molecule has 0 spiro atoms. The summed E-state index contributed by atoms with van der Waals surface area (Å²) in [6, 6.07) is 9.54.